The van der Waals surface area contributed by atoms with Crippen molar-refractivity contribution in [3.63, 3.8) is 0 Å². The molecule has 0 saturated heterocycles. The van der Waals surface area contributed by atoms with Crippen molar-refractivity contribution >= 4 is 5.69 Å². The lowest BCUT2D eigenvalue weighted by molar-refractivity contribution is 0.578. The highest BCUT2D eigenvalue weighted by Gasteiger charge is 2.02. The Kier molecular flexibility index (Phi) is 4.39. The summed E-state index contributed by atoms with van der Waals surface area (Å²) in [7, 11) is 0. The lowest BCUT2D eigenvalue weighted by Crippen LogP contribution is -2.08. The molecule has 18 heavy (non-hydrogen) atoms. The molecule has 0 aliphatic heterocycles. The van der Waals surface area contributed by atoms with Crippen LogP contribution in [0.15, 0.2) is 24.7 Å². The fourth-order valence-electron chi connectivity index (χ4n) is 1.92. The van der Waals surface area contributed by atoms with Crippen LogP contribution in [0.5, 0.6) is 0 Å². The molecule has 0 fully saturated rings. The maximum Gasteiger partial charge on any atom is 0.0729 e. The van der Waals surface area contributed by atoms with E-state index in [1.807, 2.05) is 28.0 Å². The highest BCUT2D eigenvalue weighted by atomic mass is 15.3. The third-order valence-corrected chi connectivity index (χ3v) is 2.80. The molecule has 0 atom stereocenters. The number of nitrogens with one attached hydrogen (secondary N) is 1. The molecular formula is C13H21N5. The minimum absolute atomic E-state index is 0.790. The molecule has 2 rings (SSSR count). The third kappa shape index (κ3) is 3.12. The highest BCUT2D eigenvalue weighted by molar-refractivity contribution is 5.38. The van der Waals surface area contributed by atoms with Gasteiger partial charge in [0.05, 0.1) is 24.1 Å². The van der Waals surface area contributed by atoms with Gasteiger partial charge in [0.1, 0.15) is 0 Å². The van der Waals surface area contributed by atoms with Crippen molar-refractivity contribution in [2.24, 2.45) is 0 Å². The van der Waals surface area contributed by atoms with Crippen molar-refractivity contribution in [3.05, 3.63) is 30.4 Å². The Morgan fingerprint density at radius 2 is 2.00 bits per heavy atom. The molecule has 0 unspecified atom stereocenters. The molecule has 2 aromatic rings. The molecule has 0 aliphatic rings. The largest absolute Gasteiger partial charge is 0.377 e. The molecule has 0 radical (unpaired) electrons. The van der Waals surface area contributed by atoms with Crippen LogP contribution >= 0.6 is 0 Å². The quantitative estimate of drug-likeness (QED) is 0.817. The molecule has 5 heteroatoms. The van der Waals surface area contributed by atoms with Gasteiger partial charge in [0.2, 0.25) is 0 Å². The van der Waals surface area contributed by atoms with Crippen LogP contribution in [-0.4, -0.2) is 19.6 Å². The summed E-state index contributed by atoms with van der Waals surface area (Å²) in [6, 6.07) is 2.05. The maximum atomic E-state index is 4.31. The standard InChI is InChI=1S/C13H21N5/c1-3-7-17-11-12(9-16-17)14-10-13-5-6-15-18(13)8-4-2/h5-6,9,11,14H,3-4,7-8,10H2,1-2H3. The second-order valence-corrected chi connectivity index (χ2v) is 4.39. The Balaban J connectivity index is 1.91. The number of nitrogens with zero attached hydrogens (tertiary/aromatic N) is 4. The summed E-state index contributed by atoms with van der Waals surface area (Å²) in [5, 5.41) is 12.0. The molecule has 0 bridgehead atoms. The molecule has 0 saturated carbocycles. The monoisotopic (exact) mass is 247 g/mol. The minimum atomic E-state index is 0.790. The first-order valence-corrected chi connectivity index (χ1v) is 6.60. The number of rotatable bonds is 7. The van der Waals surface area contributed by atoms with Gasteiger partial charge in [-0.15, -0.1) is 0 Å². The van der Waals surface area contributed by atoms with E-state index in [-0.39, 0.29) is 0 Å². The highest BCUT2D eigenvalue weighted by Crippen LogP contribution is 2.08. The molecule has 98 valence electrons. The average molecular weight is 247 g/mol. The molecule has 0 spiro atoms. The molecule has 0 amide bonds. The van der Waals surface area contributed by atoms with Crippen LogP contribution in [0.4, 0.5) is 5.69 Å². The van der Waals surface area contributed by atoms with Crippen LogP contribution in [0.2, 0.25) is 0 Å². The van der Waals surface area contributed by atoms with Crippen molar-refractivity contribution in [2.45, 2.75) is 46.3 Å². The zero-order valence-electron chi connectivity index (χ0n) is 11.1. The Hall–Kier alpha value is -1.78. The van der Waals surface area contributed by atoms with Gasteiger partial charge in [-0.05, 0) is 18.9 Å². The number of anilines is 1. The van der Waals surface area contributed by atoms with Crippen molar-refractivity contribution in [1.29, 1.82) is 0 Å². The smallest absolute Gasteiger partial charge is 0.0729 e. The summed E-state index contributed by atoms with van der Waals surface area (Å²) in [5.74, 6) is 0. The van der Waals surface area contributed by atoms with Crippen molar-refractivity contribution in [2.75, 3.05) is 5.32 Å². The van der Waals surface area contributed by atoms with Gasteiger partial charge in [-0.2, -0.15) is 10.2 Å². The summed E-state index contributed by atoms with van der Waals surface area (Å²) in [5.41, 5.74) is 2.27. The number of hydrogen-bond donors (Lipinski definition) is 1. The lowest BCUT2D eigenvalue weighted by Gasteiger charge is -2.07. The zero-order chi connectivity index (χ0) is 12.8. The van der Waals surface area contributed by atoms with Crippen LogP contribution < -0.4 is 5.32 Å². The minimum Gasteiger partial charge on any atom is -0.377 e. The number of aryl methyl sites for hydroxylation is 2. The van der Waals surface area contributed by atoms with Gasteiger partial charge >= 0.3 is 0 Å². The van der Waals surface area contributed by atoms with E-state index in [0.29, 0.717) is 0 Å². The number of hydrogen-bond acceptors (Lipinski definition) is 3. The summed E-state index contributed by atoms with van der Waals surface area (Å²) in [6.45, 7) is 7.04. The zero-order valence-corrected chi connectivity index (χ0v) is 11.1. The van der Waals surface area contributed by atoms with Crippen LogP contribution in [0.25, 0.3) is 0 Å². The van der Waals surface area contributed by atoms with Gasteiger partial charge < -0.3 is 5.32 Å². The van der Waals surface area contributed by atoms with Gasteiger partial charge in [0.25, 0.3) is 0 Å². The van der Waals surface area contributed by atoms with Crippen molar-refractivity contribution < 1.29 is 0 Å². The van der Waals surface area contributed by atoms with Gasteiger partial charge in [0, 0.05) is 25.5 Å². The van der Waals surface area contributed by atoms with Gasteiger partial charge in [-0.3, -0.25) is 9.36 Å². The second kappa shape index (κ2) is 6.23. The van der Waals surface area contributed by atoms with E-state index in [0.717, 1.165) is 38.2 Å². The molecule has 0 aromatic carbocycles. The van der Waals surface area contributed by atoms with Gasteiger partial charge in [0.15, 0.2) is 0 Å². The van der Waals surface area contributed by atoms with E-state index in [1.165, 1.54) is 5.69 Å². The Bertz CT molecular complexity index is 471. The second-order valence-electron chi connectivity index (χ2n) is 4.39. The molecule has 5 nitrogen and oxygen atoms in total. The van der Waals surface area contributed by atoms with Crippen LogP contribution in [-0.2, 0) is 19.6 Å². The van der Waals surface area contributed by atoms with Crippen LogP contribution in [0, 0.1) is 0 Å². The van der Waals surface area contributed by atoms with E-state index in [4.69, 9.17) is 0 Å². The molecule has 2 heterocycles. The van der Waals surface area contributed by atoms with E-state index in [1.54, 1.807) is 0 Å². The Morgan fingerprint density at radius 1 is 1.17 bits per heavy atom. The van der Waals surface area contributed by atoms with Gasteiger partial charge in [-0.25, -0.2) is 0 Å². The molecule has 0 aliphatic carbocycles. The van der Waals surface area contributed by atoms with Crippen LogP contribution in [0.3, 0.4) is 0 Å². The van der Waals surface area contributed by atoms with Gasteiger partial charge in [-0.1, -0.05) is 13.8 Å². The summed E-state index contributed by atoms with van der Waals surface area (Å²) < 4.78 is 4.01. The first-order valence-electron chi connectivity index (χ1n) is 6.60. The maximum absolute atomic E-state index is 4.31. The van der Waals surface area contributed by atoms with E-state index < -0.39 is 0 Å². The predicted molar refractivity (Wildman–Crippen MR) is 72.4 cm³/mol. The van der Waals surface area contributed by atoms with Crippen LogP contribution in [0.1, 0.15) is 32.4 Å². The Morgan fingerprint density at radius 3 is 2.78 bits per heavy atom. The van der Waals surface area contributed by atoms with E-state index in [2.05, 4.69) is 35.4 Å². The summed E-state index contributed by atoms with van der Waals surface area (Å²) in [4.78, 5) is 0. The fraction of sp³-hybridized carbons (Fsp3) is 0.538. The first kappa shape index (κ1) is 12.7. The Labute approximate surface area is 108 Å². The normalized spacial score (nSPS) is 10.8. The number of aromatic nitrogens is 4. The van der Waals surface area contributed by atoms with E-state index >= 15 is 0 Å². The summed E-state index contributed by atoms with van der Waals surface area (Å²) >= 11 is 0. The van der Waals surface area contributed by atoms with Crippen molar-refractivity contribution in [1.82, 2.24) is 19.6 Å². The molecule has 2 aromatic heterocycles. The van der Waals surface area contributed by atoms with E-state index in [9.17, 15) is 0 Å². The average Bonchev–Trinajstić information content (AvgIpc) is 2.97. The molecule has 1 N–H and O–H groups in total. The third-order valence-electron chi connectivity index (χ3n) is 2.80. The lowest BCUT2D eigenvalue weighted by atomic mass is 10.4. The topological polar surface area (TPSA) is 47.7 Å². The van der Waals surface area contributed by atoms with Crippen molar-refractivity contribution in [3.8, 4) is 0 Å². The molecular weight excluding hydrogens is 226 g/mol. The predicted octanol–water partition coefficient (Wildman–Crippen LogP) is 2.51. The summed E-state index contributed by atoms with van der Waals surface area (Å²) in [6.07, 6.45) is 7.97. The first-order chi connectivity index (χ1) is 8.83. The SMILES string of the molecule is CCCn1cc(NCc2ccnn2CCC)cn1. The fourth-order valence-corrected chi connectivity index (χ4v) is 1.92.